The molecule has 2 amide bonds. The lowest BCUT2D eigenvalue weighted by atomic mass is 10.2. The molecule has 0 unspecified atom stereocenters. The van der Waals surface area contributed by atoms with Crippen LogP contribution in [0.3, 0.4) is 0 Å². The van der Waals surface area contributed by atoms with E-state index in [1.165, 1.54) is 23.5 Å². The van der Waals surface area contributed by atoms with E-state index in [1.54, 1.807) is 28.6 Å². The predicted molar refractivity (Wildman–Crippen MR) is 103 cm³/mol. The molecule has 2 N–H and O–H groups in total. The average molecular weight is 402 g/mol. The van der Waals surface area contributed by atoms with Gasteiger partial charge in [-0.05, 0) is 35.7 Å². The van der Waals surface area contributed by atoms with E-state index in [0.29, 0.717) is 23.8 Å². The molecule has 3 aromatic rings. The highest BCUT2D eigenvalue weighted by molar-refractivity contribution is 7.98. The second-order valence-corrected chi connectivity index (χ2v) is 7.89. The molecule has 138 valence electrons. The third-order valence-electron chi connectivity index (χ3n) is 4.06. The number of halogens is 1. The Labute approximate surface area is 162 Å². The molecular weight excluding hydrogens is 387 g/mol. The van der Waals surface area contributed by atoms with Crippen LogP contribution < -0.4 is 10.6 Å². The van der Waals surface area contributed by atoms with Crippen LogP contribution in [0.25, 0.3) is 5.69 Å². The first-order valence-corrected chi connectivity index (χ1v) is 10.2. The van der Waals surface area contributed by atoms with Crippen molar-refractivity contribution in [1.82, 2.24) is 15.1 Å². The van der Waals surface area contributed by atoms with E-state index in [2.05, 4.69) is 15.7 Å². The Morgan fingerprint density at radius 1 is 1.15 bits per heavy atom. The number of hydrogen-bond donors (Lipinski definition) is 2. The van der Waals surface area contributed by atoms with Gasteiger partial charge in [-0.3, -0.25) is 9.59 Å². The highest BCUT2D eigenvalue weighted by Gasteiger charge is 2.26. The number of nitrogens with one attached hydrogen (secondary N) is 2. The average Bonchev–Trinajstić information content (AvgIpc) is 3.39. The fraction of sp³-hybridized carbons (Fsp3) is 0.167. The number of aromatic nitrogens is 2. The second-order valence-electron chi connectivity index (χ2n) is 5.87. The first kappa shape index (κ1) is 17.7. The molecule has 0 spiro atoms. The summed E-state index contributed by atoms with van der Waals surface area (Å²) in [6, 6.07) is 9.59. The minimum absolute atomic E-state index is 0.301. The van der Waals surface area contributed by atoms with Gasteiger partial charge in [-0.15, -0.1) is 11.3 Å². The molecule has 9 heteroatoms. The van der Waals surface area contributed by atoms with Crippen LogP contribution in [-0.4, -0.2) is 21.6 Å². The molecule has 1 aliphatic heterocycles. The van der Waals surface area contributed by atoms with Gasteiger partial charge in [0.2, 0.25) is 0 Å². The van der Waals surface area contributed by atoms with E-state index in [4.69, 9.17) is 0 Å². The summed E-state index contributed by atoms with van der Waals surface area (Å²) in [5, 5.41) is 11.7. The zero-order valence-corrected chi connectivity index (χ0v) is 15.7. The van der Waals surface area contributed by atoms with Crippen molar-refractivity contribution >= 4 is 40.7 Å². The number of thiophene rings is 1. The Balaban J connectivity index is 1.54. The minimum Gasteiger partial charge on any atom is -0.343 e. The Hall–Kier alpha value is -2.65. The summed E-state index contributed by atoms with van der Waals surface area (Å²) in [5.74, 6) is 0.0644. The molecule has 6 nitrogen and oxygen atoms in total. The molecule has 27 heavy (non-hydrogen) atoms. The van der Waals surface area contributed by atoms with Gasteiger partial charge in [-0.2, -0.15) is 16.9 Å². The lowest BCUT2D eigenvalue weighted by molar-refractivity contribution is -0.136. The van der Waals surface area contributed by atoms with Gasteiger partial charge in [0.05, 0.1) is 17.9 Å². The number of carbonyl (C=O) groups is 2. The monoisotopic (exact) mass is 402 g/mol. The second kappa shape index (κ2) is 7.53. The quantitative estimate of drug-likeness (QED) is 0.658. The van der Waals surface area contributed by atoms with Crippen molar-refractivity contribution in [2.24, 2.45) is 0 Å². The molecule has 4 rings (SSSR count). The SMILES string of the molecule is O=C(NCc1cccs1)C(=O)Nc1c2c(nn1-c1ccc(F)cc1)CSC2. The maximum atomic E-state index is 13.2. The maximum Gasteiger partial charge on any atom is 0.314 e. The van der Waals surface area contributed by atoms with Crippen LogP contribution in [0.5, 0.6) is 0 Å². The number of thioether (sulfide) groups is 1. The Bertz CT molecular complexity index is 984. The normalized spacial score (nSPS) is 12.6. The molecule has 0 saturated heterocycles. The summed E-state index contributed by atoms with van der Waals surface area (Å²) in [4.78, 5) is 25.5. The summed E-state index contributed by atoms with van der Waals surface area (Å²) in [6.07, 6.45) is 0. The van der Waals surface area contributed by atoms with Gasteiger partial charge < -0.3 is 10.6 Å². The molecular formula is C18H15FN4O2S2. The number of hydrogen-bond acceptors (Lipinski definition) is 5. The molecule has 0 bridgehead atoms. The standard InChI is InChI=1S/C18H15FN4O2S2/c19-11-3-5-12(6-4-11)23-16(14-9-26-10-15(14)22-23)21-18(25)17(24)20-8-13-2-1-7-27-13/h1-7H,8-10H2,(H,20,24)(H,21,25). The van der Waals surface area contributed by atoms with Crippen LogP contribution in [0.1, 0.15) is 16.1 Å². The van der Waals surface area contributed by atoms with E-state index < -0.39 is 11.8 Å². The minimum atomic E-state index is -0.755. The number of carbonyl (C=O) groups excluding carboxylic acids is 2. The molecule has 0 radical (unpaired) electrons. The van der Waals surface area contributed by atoms with Crippen LogP contribution >= 0.6 is 23.1 Å². The molecule has 0 aliphatic carbocycles. The Morgan fingerprint density at radius 3 is 2.70 bits per heavy atom. The molecule has 0 fully saturated rings. The first-order valence-electron chi connectivity index (χ1n) is 8.18. The molecule has 1 aliphatic rings. The van der Waals surface area contributed by atoms with Crippen molar-refractivity contribution < 1.29 is 14.0 Å². The van der Waals surface area contributed by atoms with E-state index >= 15 is 0 Å². The summed E-state index contributed by atoms with van der Waals surface area (Å²) >= 11 is 3.19. The smallest absolute Gasteiger partial charge is 0.314 e. The third-order valence-corrected chi connectivity index (χ3v) is 5.91. The van der Waals surface area contributed by atoms with E-state index in [0.717, 1.165) is 21.9 Å². The highest BCUT2D eigenvalue weighted by Crippen LogP contribution is 2.36. The molecule has 0 atom stereocenters. The number of rotatable bonds is 4. The van der Waals surface area contributed by atoms with Crippen molar-refractivity contribution in [2.75, 3.05) is 5.32 Å². The largest absolute Gasteiger partial charge is 0.343 e. The van der Waals surface area contributed by atoms with Crippen LogP contribution in [0, 0.1) is 5.82 Å². The van der Waals surface area contributed by atoms with Gasteiger partial charge in [0.15, 0.2) is 0 Å². The number of fused-ring (bicyclic) bond motifs is 1. The number of amides is 2. The van der Waals surface area contributed by atoms with Gasteiger partial charge >= 0.3 is 11.8 Å². The van der Waals surface area contributed by atoms with Gasteiger partial charge in [0.1, 0.15) is 11.6 Å². The molecule has 0 saturated carbocycles. The predicted octanol–water partition coefficient (Wildman–Crippen LogP) is 3.07. The number of nitrogens with zero attached hydrogens (tertiary/aromatic N) is 2. The van der Waals surface area contributed by atoms with Crippen LogP contribution in [0.15, 0.2) is 41.8 Å². The highest BCUT2D eigenvalue weighted by atomic mass is 32.2. The lowest BCUT2D eigenvalue weighted by Gasteiger charge is -2.11. The van der Waals surface area contributed by atoms with Crippen LogP contribution in [-0.2, 0) is 27.6 Å². The Morgan fingerprint density at radius 2 is 1.96 bits per heavy atom. The van der Waals surface area contributed by atoms with Gasteiger partial charge in [0.25, 0.3) is 0 Å². The zero-order chi connectivity index (χ0) is 18.8. The Kier molecular flexibility index (Phi) is 4.95. The first-order chi connectivity index (χ1) is 13.1. The summed E-state index contributed by atoms with van der Waals surface area (Å²) in [7, 11) is 0. The van der Waals surface area contributed by atoms with E-state index in [-0.39, 0.29) is 5.82 Å². The third kappa shape index (κ3) is 3.74. The van der Waals surface area contributed by atoms with E-state index in [1.807, 2.05) is 17.5 Å². The van der Waals surface area contributed by atoms with Crippen molar-refractivity contribution in [1.29, 1.82) is 0 Å². The molecule has 2 aromatic heterocycles. The summed E-state index contributed by atoms with van der Waals surface area (Å²) in [5.41, 5.74) is 2.37. The fourth-order valence-corrected chi connectivity index (χ4v) is 4.42. The van der Waals surface area contributed by atoms with Gasteiger partial charge in [-0.1, -0.05) is 6.07 Å². The van der Waals surface area contributed by atoms with Crippen molar-refractivity contribution in [3.8, 4) is 5.69 Å². The fourth-order valence-electron chi connectivity index (χ4n) is 2.74. The zero-order valence-electron chi connectivity index (χ0n) is 14.1. The van der Waals surface area contributed by atoms with Gasteiger partial charge in [-0.25, -0.2) is 9.07 Å². The summed E-state index contributed by atoms with van der Waals surface area (Å²) < 4.78 is 14.8. The van der Waals surface area contributed by atoms with Crippen LogP contribution in [0.4, 0.5) is 10.2 Å². The topological polar surface area (TPSA) is 76.0 Å². The van der Waals surface area contributed by atoms with Crippen molar-refractivity contribution in [3.05, 3.63) is 63.7 Å². The van der Waals surface area contributed by atoms with Crippen LogP contribution in [0.2, 0.25) is 0 Å². The number of benzene rings is 1. The lowest BCUT2D eigenvalue weighted by Crippen LogP contribution is -2.35. The molecule has 3 heterocycles. The van der Waals surface area contributed by atoms with Crippen molar-refractivity contribution in [3.63, 3.8) is 0 Å². The van der Waals surface area contributed by atoms with E-state index in [9.17, 15) is 14.0 Å². The summed E-state index contributed by atoms with van der Waals surface area (Å²) in [6.45, 7) is 0.301. The number of anilines is 1. The van der Waals surface area contributed by atoms with Gasteiger partial charge in [0, 0.05) is 21.9 Å². The maximum absolute atomic E-state index is 13.2. The molecule has 1 aromatic carbocycles. The van der Waals surface area contributed by atoms with Crippen molar-refractivity contribution in [2.45, 2.75) is 18.1 Å².